The van der Waals surface area contributed by atoms with Crippen LogP contribution in [0.4, 0.5) is 11.4 Å². The first-order valence-corrected chi connectivity index (χ1v) is 15.7. The number of thiazole rings is 1. The molecule has 214 valence electrons. The number of carbonyl (C=O) groups excluding carboxylic acids is 3. The zero-order chi connectivity index (χ0) is 29.8. The van der Waals surface area contributed by atoms with Gasteiger partial charge in [0, 0.05) is 21.5 Å². The van der Waals surface area contributed by atoms with Crippen molar-refractivity contribution in [2.24, 2.45) is 5.92 Å². The molecule has 3 amide bonds. The Labute approximate surface area is 260 Å². The predicted octanol–water partition coefficient (Wildman–Crippen LogP) is 6.46. The van der Waals surface area contributed by atoms with E-state index in [0.29, 0.717) is 26.3 Å². The van der Waals surface area contributed by atoms with Crippen LogP contribution in [0.2, 0.25) is 5.02 Å². The van der Waals surface area contributed by atoms with Crippen LogP contribution in [0.3, 0.4) is 0 Å². The summed E-state index contributed by atoms with van der Waals surface area (Å²) in [5.41, 5.74) is 2.93. The Morgan fingerprint density at radius 3 is 2.35 bits per heavy atom. The lowest BCUT2D eigenvalue weighted by Crippen LogP contribution is -2.33. The summed E-state index contributed by atoms with van der Waals surface area (Å²) in [6, 6.07) is 27.9. The Balaban J connectivity index is 1.26. The third kappa shape index (κ3) is 4.87. The molecule has 0 spiro atoms. The Morgan fingerprint density at radius 1 is 0.884 bits per heavy atom. The topological polar surface area (TPSA) is 88.5 Å². The van der Waals surface area contributed by atoms with E-state index in [4.69, 9.17) is 11.6 Å². The van der Waals surface area contributed by atoms with Crippen LogP contribution >= 0.6 is 34.7 Å². The molecule has 2 aliphatic heterocycles. The van der Waals surface area contributed by atoms with E-state index in [1.165, 1.54) is 21.2 Å². The predicted molar refractivity (Wildman–Crippen MR) is 171 cm³/mol. The van der Waals surface area contributed by atoms with Crippen LogP contribution in [0.5, 0.6) is 0 Å². The fourth-order valence-electron chi connectivity index (χ4n) is 5.84. The summed E-state index contributed by atoms with van der Waals surface area (Å²) in [4.78, 5) is 56.1. The van der Waals surface area contributed by atoms with E-state index in [9.17, 15) is 19.2 Å². The molecule has 43 heavy (non-hydrogen) atoms. The van der Waals surface area contributed by atoms with Crippen molar-refractivity contribution in [1.82, 2.24) is 4.57 Å². The molecular formula is C33H24ClN3O4S2. The molecule has 5 aromatic rings. The van der Waals surface area contributed by atoms with Gasteiger partial charge in [-0.1, -0.05) is 94.9 Å². The van der Waals surface area contributed by atoms with E-state index in [2.05, 4.69) is 5.32 Å². The highest BCUT2D eigenvalue weighted by atomic mass is 35.5. The van der Waals surface area contributed by atoms with Gasteiger partial charge in [0.25, 0.3) is 0 Å². The van der Waals surface area contributed by atoms with Crippen LogP contribution in [0.25, 0.3) is 10.8 Å². The molecule has 1 N–H and O–H groups in total. The summed E-state index contributed by atoms with van der Waals surface area (Å²) in [6.45, 7) is 1.72. The Hall–Kier alpha value is -4.18. The minimum absolute atomic E-state index is 0.223. The molecule has 3 heterocycles. The van der Waals surface area contributed by atoms with Crippen molar-refractivity contribution in [3.8, 4) is 0 Å². The number of fused-ring (bicyclic) bond motifs is 3. The number of aromatic nitrogens is 1. The molecule has 0 saturated carbocycles. The average Bonchev–Trinajstić information content (AvgIpc) is 3.44. The van der Waals surface area contributed by atoms with Gasteiger partial charge in [-0.25, -0.2) is 4.90 Å². The summed E-state index contributed by atoms with van der Waals surface area (Å²) in [5.74, 6) is -2.27. The number of benzene rings is 4. The van der Waals surface area contributed by atoms with Gasteiger partial charge in [0.15, 0.2) is 0 Å². The minimum Gasteiger partial charge on any atom is -0.325 e. The first kappa shape index (κ1) is 27.6. The maximum absolute atomic E-state index is 14.0. The van der Waals surface area contributed by atoms with Gasteiger partial charge < -0.3 is 5.32 Å². The van der Waals surface area contributed by atoms with Crippen LogP contribution in [-0.2, 0) is 20.9 Å². The molecule has 1 aromatic heterocycles. The van der Waals surface area contributed by atoms with E-state index < -0.39 is 17.1 Å². The highest BCUT2D eigenvalue weighted by Crippen LogP contribution is 2.54. The van der Waals surface area contributed by atoms with Gasteiger partial charge in [0.05, 0.1) is 16.6 Å². The van der Waals surface area contributed by atoms with Crippen molar-refractivity contribution < 1.29 is 14.4 Å². The third-order valence-corrected chi connectivity index (χ3v) is 10.8. The number of thioether (sulfide) groups is 1. The number of halogens is 1. The van der Waals surface area contributed by atoms with Crippen LogP contribution in [0.1, 0.15) is 21.9 Å². The van der Waals surface area contributed by atoms with E-state index >= 15 is 0 Å². The maximum Gasteiger partial charge on any atom is 0.308 e. The van der Waals surface area contributed by atoms with Gasteiger partial charge in [-0.15, -0.1) is 0 Å². The Morgan fingerprint density at radius 2 is 1.60 bits per heavy atom. The van der Waals surface area contributed by atoms with Crippen molar-refractivity contribution in [1.29, 1.82) is 0 Å². The average molecular weight is 626 g/mol. The van der Waals surface area contributed by atoms with Crippen molar-refractivity contribution >= 4 is 74.6 Å². The smallest absolute Gasteiger partial charge is 0.308 e. The monoisotopic (exact) mass is 625 g/mol. The van der Waals surface area contributed by atoms with Crippen molar-refractivity contribution in [3.05, 3.63) is 122 Å². The number of nitrogens with zero attached hydrogens (tertiary/aromatic N) is 2. The molecule has 4 aromatic carbocycles. The molecule has 0 radical (unpaired) electrons. The lowest BCUT2D eigenvalue weighted by atomic mass is 9.83. The van der Waals surface area contributed by atoms with E-state index in [0.717, 1.165) is 33.2 Å². The first-order chi connectivity index (χ1) is 20.8. The normalized spacial score (nSPS) is 19.4. The van der Waals surface area contributed by atoms with E-state index in [-0.39, 0.29) is 29.1 Å². The molecule has 3 atom stereocenters. The number of amides is 3. The first-order valence-electron chi connectivity index (χ1n) is 13.7. The van der Waals surface area contributed by atoms with Gasteiger partial charge in [0.2, 0.25) is 17.7 Å². The number of hydrogen-bond acceptors (Lipinski definition) is 6. The van der Waals surface area contributed by atoms with Crippen LogP contribution in [0.15, 0.2) is 101 Å². The molecule has 7 nitrogen and oxygen atoms in total. The van der Waals surface area contributed by atoms with Crippen molar-refractivity contribution in [3.63, 3.8) is 0 Å². The van der Waals surface area contributed by atoms with Gasteiger partial charge in [0.1, 0.15) is 11.8 Å². The Bertz CT molecular complexity index is 1980. The third-order valence-electron chi connectivity index (χ3n) is 7.91. The largest absolute Gasteiger partial charge is 0.325 e. The number of hydrogen-bond donors (Lipinski definition) is 1. The van der Waals surface area contributed by atoms with E-state index in [1.807, 2.05) is 73.7 Å². The highest BCUT2D eigenvalue weighted by molar-refractivity contribution is 8.00. The summed E-state index contributed by atoms with van der Waals surface area (Å²) >= 11 is 8.40. The van der Waals surface area contributed by atoms with Crippen LogP contribution in [0, 0.1) is 12.8 Å². The standard InChI is InChI=1S/C33H24ClN3O4S2/c1-18-6-14-24(15-7-18)37-30(39)27-26(20-8-11-22(34)12-9-20)29-32(42-28(27)31(37)40)36(33(41)43-29)17-25(38)35-23-13-10-19-4-2-3-5-21(19)16-23/h2-16,26-28H,17H2,1H3,(H,35,38). The molecule has 10 heteroatoms. The lowest BCUT2D eigenvalue weighted by Gasteiger charge is -2.30. The number of nitrogens with one attached hydrogen (secondary N) is 1. The summed E-state index contributed by atoms with van der Waals surface area (Å²) < 4.78 is 1.42. The number of aryl methyl sites for hydroxylation is 1. The Kier molecular flexibility index (Phi) is 6.96. The minimum atomic E-state index is -0.759. The zero-order valence-corrected chi connectivity index (χ0v) is 25.2. The molecule has 1 fully saturated rings. The van der Waals surface area contributed by atoms with Crippen molar-refractivity contribution in [2.45, 2.75) is 29.7 Å². The quantitative estimate of drug-likeness (QED) is 0.227. The second-order valence-corrected chi connectivity index (χ2v) is 13.2. The molecule has 0 aliphatic carbocycles. The maximum atomic E-state index is 14.0. The molecular weight excluding hydrogens is 602 g/mol. The summed E-state index contributed by atoms with van der Waals surface area (Å²) in [5, 5.41) is 5.26. The highest BCUT2D eigenvalue weighted by Gasteiger charge is 2.56. The van der Waals surface area contributed by atoms with Crippen LogP contribution < -0.4 is 15.1 Å². The molecule has 0 bridgehead atoms. The number of rotatable bonds is 5. The van der Waals surface area contributed by atoms with E-state index in [1.54, 1.807) is 24.3 Å². The SMILES string of the molecule is Cc1ccc(N2C(=O)C3Sc4c(sc(=O)n4CC(=O)Nc4ccc5ccccc5c4)C(c4ccc(Cl)cc4)C3C2=O)cc1. The molecule has 1 saturated heterocycles. The zero-order valence-electron chi connectivity index (χ0n) is 22.8. The second kappa shape index (κ2) is 10.8. The van der Waals surface area contributed by atoms with Gasteiger partial charge >= 0.3 is 4.87 Å². The number of imide groups is 1. The summed E-state index contributed by atoms with van der Waals surface area (Å²) in [7, 11) is 0. The van der Waals surface area contributed by atoms with Gasteiger partial charge in [-0.2, -0.15) is 0 Å². The molecule has 2 aliphatic rings. The second-order valence-electron chi connectivity index (χ2n) is 10.7. The number of anilines is 2. The van der Waals surface area contributed by atoms with Crippen LogP contribution in [-0.4, -0.2) is 27.5 Å². The lowest BCUT2D eigenvalue weighted by molar-refractivity contribution is -0.122. The number of carbonyl (C=O) groups is 3. The van der Waals surface area contributed by atoms with Gasteiger partial charge in [-0.05, 0) is 59.7 Å². The summed E-state index contributed by atoms with van der Waals surface area (Å²) in [6.07, 6.45) is 0. The fourth-order valence-corrected chi connectivity index (χ4v) is 8.74. The molecule has 3 unspecified atom stereocenters. The fraction of sp³-hybridized carbons (Fsp3) is 0.152. The molecule has 7 rings (SSSR count). The van der Waals surface area contributed by atoms with Gasteiger partial charge in [-0.3, -0.25) is 23.7 Å². The van der Waals surface area contributed by atoms with Crippen molar-refractivity contribution in [2.75, 3.05) is 10.2 Å².